The molecule has 208 valence electrons. The average molecular weight is 563 g/mol. The molecule has 4 nitrogen and oxygen atoms in total. The molecule has 0 radical (unpaired) electrons. The Balaban J connectivity index is 0. The molecule has 0 unspecified atom stereocenters. The van der Waals surface area contributed by atoms with Gasteiger partial charge < -0.3 is 14.7 Å². The van der Waals surface area contributed by atoms with Gasteiger partial charge in [-0.15, -0.1) is 0 Å². The van der Waals surface area contributed by atoms with Crippen LogP contribution in [0.4, 0.5) is 0 Å². The van der Waals surface area contributed by atoms with Crippen LogP contribution in [-0.4, -0.2) is 14.7 Å². The molecule has 0 fully saturated rings. The fourth-order valence-electron chi connectivity index (χ4n) is 3.75. The minimum atomic E-state index is -4.64. The molecular formula is C30H49NiO4P. The van der Waals surface area contributed by atoms with Crippen molar-refractivity contribution >= 4 is 7.82 Å². The normalized spacial score (nSPS) is 10.4. The van der Waals surface area contributed by atoms with Gasteiger partial charge in [0.25, 0.3) is 0 Å². The van der Waals surface area contributed by atoms with E-state index in [2.05, 4.69) is 50.2 Å². The van der Waals surface area contributed by atoms with E-state index >= 15 is 0 Å². The molecule has 2 aromatic rings. The molecule has 0 aromatic heterocycles. The third-order valence-corrected chi connectivity index (χ3v) is 5.71. The van der Waals surface area contributed by atoms with Crippen molar-refractivity contribution in [2.45, 2.75) is 117 Å². The minimum absolute atomic E-state index is 0. The van der Waals surface area contributed by atoms with Gasteiger partial charge >= 0.3 is 24.3 Å². The molecular weight excluding hydrogens is 514 g/mol. The number of rotatable bonds is 16. The number of aryl methyl sites for hydroxylation is 2. The molecule has 0 saturated carbocycles. The van der Waals surface area contributed by atoms with Crippen molar-refractivity contribution in [3.05, 3.63) is 71.8 Å². The van der Waals surface area contributed by atoms with E-state index in [-0.39, 0.29) is 16.5 Å². The molecule has 36 heavy (non-hydrogen) atoms. The van der Waals surface area contributed by atoms with Gasteiger partial charge in [0, 0.05) is 0 Å². The summed E-state index contributed by atoms with van der Waals surface area (Å²) in [5, 5.41) is 0. The summed E-state index contributed by atoms with van der Waals surface area (Å²) >= 11 is 0. The summed E-state index contributed by atoms with van der Waals surface area (Å²) in [7, 11) is -4.64. The Kier molecular flexibility index (Phi) is 28.0. The van der Waals surface area contributed by atoms with Crippen LogP contribution in [0.25, 0.3) is 0 Å². The third-order valence-electron chi connectivity index (χ3n) is 5.71. The summed E-state index contributed by atoms with van der Waals surface area (Å²) in [5.74, 6) is 0. The molecule has 0 bridgehead atoms. The first kappa shape index (κ1) is 37.2. The quantitative estimate of drug-likeness (QED) is 0.0827. The fourth-order valence-corrected chi connectivity index (χ4v) is 3.75. The van der Waals surface area contributed by atoms with Gasteiger partial charge in [-0.3, -0.25) is 0 Å². The molecule has 0 saturated heterocycles. The van der Waals surface area contributed by atoms with E-state index in [9.17, 15) is 0 Å². The molecule has 0 aliphatic heterocycles. The summed E-state index contributed by atoms with van der Waals surface area (Å²) in [6.45, 7) is 4.54. The predicted molar refractivity (Wildman–Crippen MR) is 148 cm³/mol. The van der Waals surface area contributed by atoms with E-state index in [4.69, 9.17) is 19.2 Å². The van der Waals surface area contributed by atoms with Crippen molar-refractivity contribution in [2.24, 2.45) is 0 Å². The van der Waals surface area contributed by atoms with E-state index in [0.717, 1.165) is 0 Å². The summed E-state index contributed by atoms with van der Waals surface area (Å²) in [6.07, 6.45) is 22.0. The molecule has 2 rings (SSSR count). The van der Waals surface area contributed by atoms with Gasteiger partial charge in [-0.2, -0.15) is 71.8 Å². The zero-order chi connectivity index (χ0) is 26.0. The third kappa shape index (κ3) is 31.1. The number of phosphoric acid groups is 1. The van der Waals surface area contributed by atoms with Crippen LogP contribution in [0.15, 0.2) is 48.5 Å². The second-order valence-corrected chi connectivity index (χ2v) is 10.1. The minimum Gasteiger partial charge on any atom is -0.303 e. The number of hydrogen-bond donors (Lipinski definition) is 3. The van der Waals surface area contributed by atoms with Crippen molar-refractivity contribution in [2.75, 3.05) is 0 Å². The van der Waals surface area contributed by atoms with Gasteiger partial charge in [0.15, 0.2) is 0 Å². The Bertz CT molecular complexity index is 660. The molecule has 0 aliphatic rings. The van der Waals surface area contributed by atoms with Gasteiger partial charge in [0.05, 0.1) is 0 Å². The SMILES string of the molecule is CCCCCCCCCc1cc[c-]cc1.CCCCCCCCCc1cc[c-]cc1.O=P(O)(O)O.[Ni+2]. The largest absolute Gasteiger partial charge is 2.00 e. The van der Waals surface area contributed by atoms with Gasteiger partial charge in [-0.1, -0.05) is 117 Å². The van der Waals surface area contributed by atoms with Gasteiger partial charge in [-0.05, 0) is 0 Å². The Morgan fingerprint density at radius 2 is 0.806 bits per heavy atom. The van der Waals surface area contributed by atoms with E-state index in [1.54, 1.807) is 0 Å². The smallest absolute Gasteiger partial charge is 0.303 e. The van der Waals surface area contributed by atoms with Crippen molar-refractivity contribution in [1.82, 2.24) is 0 Å². The van der Waals surface area contributed by atoms with Crippen LogP contribution in [0.5, 0.6) is 0 Å². The zero-order valence-electron chi connectivity index (χ0n) is 22.4. The first-order chi connectivity index (χ1) is 16.9. The van der Waals surface area contributed by atoms with E-state index in [0.29, 0.717) is 0 Å². The van der Waals surface area contributed by atoms with Crippen molar-refractivity contribution in [1.29, 1.82) is 0 Å². The summed E-state index contributed by atoms with van der Waals surface area (Å²) in [4.78, 5) is 21.6. The molecule has 2 aromatic carbocycles. The van der Waals surface area contributed by atoms with Gasteiger partial charge in [0.1, 0.15) is 0 Å². The first-order valence-electron chi connectivity index (χ1n) is 13.5. The molecule has 0 atom stereocenters. The zero-order valence-corrected chi connectivity index (χ0v) is 24.3. The van der Waals surface area contributed by atoms with E-state index in [1.807, 2.05) is 24.3 Å². The van der Waals surface area contributed by atoms with Crippen LogP contribution in [-0.2, 0) is 33.9 Å². The monoisotopic (exact) mass is 562 g/mol. The topological polar surface area (TPSA) is 77.8 Å². The maximum absolute atomic E-state index is 8.88. The number of benzene rings is 2. The standard InChI is InChI=1S/2C15H23.Ni.H3O4P/c2*1-2-3-4-5-6-7-9-12-15-13-10-8-11-14-15;;1-5(2,3)4/h2*10-11,13-14H,2-7,9,12H2,1H3;;(H3,1,2,3,4)/q2*-1;+2;. The second kappa shape index (κ2) is 27.1. The summed E-state index contributed by atoms with van der Waals surface area (Å²) in [5.41, 5.74) is 2.92. The number of hydrogen-bond acceptors (Lipinski definition) is 1. The van der Waals surface area contributed by atoms with Crippen LogP contribution >= 0.6 is 7.82 Å². The van der Waals surface area contributed by atoms with Crippen molar-refractivity contribution in [3.8, 4) is 0 Å². The van der Waals surface area contributed by atoms with Crippen LogP contribution in [0.2, 0.25) is 0 Å². The second-order valence-electron chi connectivity index (χ2n) is 9.07. The van der Waals surface area contributed by atoms with Crippen molar-refractivity contribution < 1.29 is 35.7 Å². The van der Waals surface area contributed by atoms with E-state index < -0.39 is 7.82 Å². The van der Waals surface area contributed by atoms with E-state index in [1.165, 1.54) is 114 Å². The Labute approximate surface area is 231 Å². The Hall–Kier alpha value is -0.956. The van der Waals surface area contributed by atoms with Gasteiger partial charge in [0.2, 0.25) is 0 Å². The Morgan fingerprint density at radius 3 is 1.08 bits per heavy atom. The summed E-state index contributed by atoms with van der Waals surface area (Å²) < 4.78 is 8.88. The first-order valence-corrected chi connectivity index (χ1v) is 15.1. The van der Waals surface area contributed by atoms with Gasteiger partial charge in [-0.25, -0.2) is 4.57 Å². The molecule has 0 spiro atoms. The molecule has 0 aliphatic carbocycles. The molecule has 0 amide bonds. The number of unbranched alkanes of at least 4 members (excludes halogenated alkanes) is 12. The molecule has 0 heterocycles. The average Bonchev–Trinajstić information content (AvgIpc) is 2.84. The van der Waals surface area contributed by atoms with Crippen LogP contribution in [0.1, 0.15) is 115 Å². The van der Waals surface area contributed by atoms with Crippen LogP contribution in [0.3, 0.4) is 0 Å². The van der Waals surface area contributed by atoms with Crippen molar-refractivity contribution in [3.63, 3.8) is 0 Å². The maximum Gasteiger partial charge on any atom is 2.00 e. The van der Waals surface area contributed by atoms with Crippen LogP contribution < -0.4 is 0 Å². The molecule has 6 heteroatoms. The summed E-state index contributed by atoms with van der Waals surface area (Å²) in [6, 6.07) is 22.9. The van der Waals surface area contributed by atoms with Crippen LogP contribution in [0, 0.1) is 12.1 Å². The molecule has 3 N–H and O–H groups in total. The maximum atomic E-state index is 8.88. The Morgan fingerprint density at radius 1 is 0.556 bits per heavy atom. The predicted octanol–water partition coefficient (Wildman–Crippen LogP) is 8.63. The fraction of sp³-hybridized carbons (Fsp3) is 0.600.